The molecular formula is C20H22N4. The number of benzene rings is 2. The highest BCUT2D eigenvalue weighted by Gasteiger charge is 2.16. The molecule has 0 radical (unpaired) electrons. The van der Waals surface area contributed by atoms with Crippen LogP contribution in [0.5, 0.6) is 0 Å². The Bertz CT molecular complexity index is 717. The molecule has 3 rings (SSSR count). The number of hydrogen-bond donors (Lipinski definition) is 2. The van der Waals surface area contributed by atoms with E-state index in [-0.39, 0.29) is 0 Å². The highest BCUT2D eigenvalue weighted by Crippen LogP contribution is 2.32. The molecule has 0 aliphatic heterocycles. The van der Waals surface area contributed by atoms with Crippen LogP contribution in [0.15, 0.2) is 60.7 Å². The highest BCUT2D eigenvalue weighted by molar-refractivity contribution is 5.81. The summed E-state index contributed by atoms with van der Waals surface area (Å²) in [6, 6.07) is 20.4. The maximum absolute atomic E-state index is 4.89. The molecule has 0 bridgehead atoms. The van der Waals surface area contributed by atoms with Gasteiger partial charge in [0.1, 0.15) is 0 Å². The maximum Gasteiger partial charge on any atom is 0.169 e. The fourth-order valence-corrected chi connectivity index (χ4v) is 2.61. The first-order valence-electron chi connectivity index (χ1n) is 8.34. The van der Waals surface area contributed by atoms with Crippen LogP contribution in [0.3, 0.4) is 0 Å². The predicted octanol–water partition coefficient (Wildman–Crippen LogP) is 4.67. The highest BCUT2D eigenvalue weighted by atomic mass is 15.1. The second-order valence-electron chi connectivity index (χ2n) is 5.41. The van der Waals surface area contributed by atoms with E-state index in [0.29, 0.717) is 0 Å². The van der Waals surface area contributed by atoms with Crippen LogP contribution >= 0.6 is 0 Å². The first-order valence-corrected chi connectivity index (χ1v) is 8.34. The molecule has 0 unspecified atom stereocenters. The van der Waals surface area contributed by atoms with Gasteiger partial charge in [-0.3, -0.25) is 0 Å². The second-order valence-corrected chi connectivity index (χ2v) is 5.41. The third kappa shape index (κ3) is 3.38. The van der Waals surface area contributed by atoms with Crippen molar-refractivity contribution < 1.29 is 0 Å². The van der Waals surface area contributed by atoms with Crippen molar-refractivity contribution in [3.05, 3.63) is 60.7 Å². The van der Waals surface area contributed by atoms with Gasteiger partial charge in [0.25, 0.3) is 0 Å². The number of aromatic nitrogens is 2. The molecular weight excluding hydrogens is 296 g/mol. The van der Waals surface area contributed by atoms with Gasteiger partial charge in [0.2, 0.25) is 0 Å². The molecule has 0 atom stereocenters. The molecule has 0 aliphatic rings. The number of rotatable bonds is 6. The van der Waals surface area contributed by atoms with Crippen molar-refractivity contribution in [3.8, 4) is 22.5 Å². The van der Waals surface area contributed by atoms with E-state index in [2.05, 4.69) is 48.7 Å². The van der Waals surface area contributed by atoms with Gasteiger partial charge in [-0.15, -0.1) is 0 Å². The zero-order valence-electron chi connectivity index (χ0n) is 14.1. The smallest absolute Gasteiger partial charge is 0.169 e. The van der Waals surface area contributed by atoms with Gasteiger partial charge in [-0.1, -0.05) is 60.7 Å². The molecule has 4 heteroatoms. The van der Waals surface area contributed by atoms with E-state index < -0.39 is 0 Å². The zero-order chi connectivity index (χ0) is 16.8. The minimum Gasteiger partial charge on any atom is -0.367 e. The van der Waals surface area contributed by atoms with Crippen molar-refractivity contribution in [2.24, 2.45) is 0 Å². The Hall–Kier alpha value is -2.88. The standard InChI is InChI=1S/C20H22N4/c1-3-21-19-20(22-4-2)24-18(16-13-9-6-10-14-16)17(23-19)15-11-7-5-8-12-15/h5-14H,3-4H2,1-2H3,(H,21,23)(H,22,24). The fourth-order valence-electron chi connectivity index (χ4n) is 2.61. The summed E-state index contributed by atoms with van der Waals surface area (Å²) >= 11 is 0. The van der Waals surface area contributed by atoms with E-state index in [1.807, 2.05) is 36.4 Å². The van der Waals surface area contributed by atoms with Gasteiger partial charge in [0.05, 0.1) is 11.4 Å². The van der Waals surface area contributed by atoms with Gasteiger partial charge in [-0.25, -0.2) is 9.97 Å². The first-order chi connectivity index (χ1) is 11.8. The molecule has 4 nitrogen and oxygen atoms in total. The molecule has 122 valence electrons. The number of nitrogens with zero attached hydrogens (tertiary/aromatic N) is 2. The van der Waals surface area contributed by atoms with Crippen LogP contribution in [0.1, 0.15) is 13.8 Å². The van der Waals surface area contributed by atoms with Crippen LogP contribution in [0, 0.1) is 0 Å². The molecule has 0 saturated carbocycles. The lowest BCUT2D eigenvalue weighted by molar-refractivity contribution is 1.09. The first kappa shape index (κ1) is 16.0. The van der Waals surface area contributed by atoms with E-state index >= 15 is 0 Å². The summed E-state index contributed by atoms with van der Waals surface area (Å²) < 4.78 is 0. The van der Waals surface area contributed by atoms with E-state index in [1.165, 1.54) is 0 Å². The van der Waals surface area contributed by atoms with Crippen molar-refractivity contribution in [2.45, 2.75) is 13.8 Å². The van der Waals surface area contributed by atoms with E-state index in [1.54, 1.807) is 0 Å². The SMILES string of the molecule is CCNc1nc(-c2ccccc2)c(-c2ccccc2)nc1NCC. The molecule has 0 fully saturated rings. The zero-order valence-corrected chi connectivity index (χ0v) is 14.1. The van der Waals surface area contributed by atoms with Crippen LogP contribution in [-0.2, 0) is 0 Å². The lowest BCUT2D eigenvalue weighted by Crippen LogP contribution is -2.10. The Morgan fingerprint density at radius 1 is 0.625 bits per heavy atom. The van der Waals surface area contributed by atoms with Crippen molar-refractivity contribution >= 4 is 11.6 Å². The largest absolute Gasteiger partial charge is 0.367 e. The third-order valence-corrected chi connectivity index (χ3v) is 3.68. The Balaban J connectivity index is 2.22. The fraction of sp³-hybridized carbons (Fsp3) is 0.200. The summed E-state index contributed by atoms with van der Waals surface area (Å²) in [5.74, 6) is 1.58. The van der Waals surface area contributed by atoms with Crippen molar-refractivity contribution in [2.75, 3.05) is 23.7 Å². The van der Waals surface area contributed by atoms with Crippen molar-refractivity contribution in [1.82, 2.24) is 9.97 Å². The lowest BCUT2D eigenvalue weighted by atomic mass is 10.0. The Morgan fingerprint density at radius 2 is 1.00 bits per heavy atom. The van der Waals surface area contributed by atoms with Gasteiger partial charge >= 0.3 is 0 Å². The molecule has 1 heterocycles. The summed E-state index contributed by atoms with van der Waals surface area (Å²) in [6.07, 6.45) is 0. The Labute approximate surface area is 143 Å². The van der Waals surface area contributed by atoms with E-state index in [9.17, 15) is 0 Å². The summed E-state index contributed by atoms with van der Waals surface area (Å²) in [5, 5.41) is 6.63. The van der Waals surface area contributed by atoms with E-state index in [4.69, 9.17) is 9.97 Å². The minimum atomic E-state index is 0.790. The topological polar surface area (TPSA) is 49.8 Å². The van der Waals surface area contributed by atoms with Gasteiger partial charge in [0.15, 0.2) is 11.6 Å². The Morgan fingerprint density at radius 3 is 1.33 bits per heavy atom. The van der Waals surface area contributed by atoms with Crippen LogP contribution < -0.4 is 10.6 Å². The summed E-state index contributed by atoms with van der Waals surface area (Å²) in [6.45, 7) is 5.72. The molecule has 2 aromatic carbocycles. The van der Waals surface area contributed by atoms with E-state index in [0.717, 1.165) is 47.2 Å². The van der Waals surface area contributed by atoms with Crippen LogP contribution in [0.4, 0.5) is 11.6 Å². The van der Waals surface area contributed by atoms with Crippen LogP contribution in [0.25, 0.3) is 22.5 Å². The van der Waals surface area contributed by atoms with Gasteiger partial charge in [0, 0.05) is 24.2 Å². The minimum absolute atomic E-state index is 0.790. The van der Waals surface area contributed by atoms with Crippen LogP contribution in [-0.4, -0.2) is 23.1 Å². The van der Waals surface area contributed by atoms with Crippen LogP contribution in [0.2, 0.25) is 0 Å². The van der Waals surface area contributed by atoms with Crippen molar-refractivity contribution in [3.63, 3.8) is 0 Å². The summed E-state index contributed by atoms with van der Waals surface area (Å²) in [7, 11) is 0. The van der Waals surface area contributed by atoms with Gasteiger partial charge in [-0.2, -0.15) is 0 Å². The lowest BCUT2D eigenvalue weighted by Gasteiger charge is -2.16. The van der Waals surface area contributed by atoms with Gasteiger partial charge < -0.3 is 10.6 Å². The maximum atomic E-state index is 4.89. The Kier molecular flexibility index (Phi) is 5.06. The molecule has 3 aromatic rings. The third-order valence-electron chi connectivity index (χ3n) is 3.68. The number of nitrogens with one attached hydrogen (secondary N) is 2. The quantitative estimate of drug-likeness (QED) is 0.693. The summed E-state index contributed by atoms with van der Waals surface area (Å²) in [5.41, 5.74) is 3.90. The molecule has 0 amide bonds. The molecule has 0 aliphatic carbocycles. The molecule has 24 heavy (non-hydrogen) atoms. The second kappa shape index (κ2) is 7.59. The normalized spacial score (nSPS) is 10.4. The monoisotopic (exact) mass is 318 g/mol. The number of hydrogen-bond acceptors (Lipinski definition) is 4. The molecule has 1 aromatic heterocycles. The summed E-state index contributed by atoms with van der Waals surface area (Å²) in [4.78, 5) is 9.78. The predicted molar refractivity (Wildman–Crippen MR) is 101 cm³/mol. The average molecular weight is 318 g/mol. The molecule has 2 N–H and O–H groups in total. The average Bonchev–Trinajstić information content (AvgIpc) is 2.64. The van der Waals surface area contributed by atoms with Gasteiger partial charge in [-0.05, 0) is 13.8 Å². The molecule has 0 spiro atoms. The van der Waals surface area contributed by atoms with Crippen molar-refractivity contribution in [1.29, 1.82) is 0 Å². The number of anilines is 2. The molecule has 0 saturated heterocycles.